The molecule has 17 nitrogen and oxygen atoms in total. The fourth-order valence-corrected chi connectivity index (χ4v) is 9.47. The highest BCUT2D eigenvalue weighted by Gasteiger charge is 2.38. The molecule has 1 fully saturated rings. The molecule has 9 N–H and O–H groups in total. The molecule has 2 heterocycles. The van der Waals surface area contributed by atoms with Crippen molar-refractivity contribution in [1.29, 1.82) is 0 Å². The van der Waals surface area contributed by atoms with Crippen LogP contribution in [0.1, 0.15) is 56.2 Å². The summed E-state index contributed by atoms with van der Waals surface area (Å²) in [6, 6.07) is 16.8. The molecule has 6 amide bonds. The summed E-state index contributed by atoms with van der Waals surface area (Å²) in [5.74, 6) is -9.22. The van der Waals surface area contributed by atoms with E-state index in [2.05, 4.69) is 36.9 Å². The zero-order valence-electron chi connectivity index (χ0n) is 34.8. The summed E-state index contributed by atoms with van der Waals surface area (Å²) < 4.78 is 0. The maximum Gasteiger partial charge on any atom is 0.326 e. The van der Waals surface area contributed by atoms with Crippen LogP contribution >= 0.6 is 21.6 Å². The number of H-pyrrole nitrogens is 1. The van der Waals surface area contributed by atoms with Gasteiger partial charge in [-0.05, 0) is 28.7 Å². The summed E-state index contributed by atoms with van der Waals surface area (Å²) in [5, 5.41) is 36.4. The summed E-state index contributed by atoms with van der Waals surface area (Å²) in [6.45, 7) is 4.67. The van der Waals surface area contributed by atoms with Crippen LogP contribution < -0.4 is 31.9 Å². The average Bonchev–Trinajstić information content (AvgIpc) is 3.67. The average molecular weight is 902 g/mol. The van der Waals surface area contributed by atoms with Crippen LogP contribution in [0, 0.1) is 5.92 Å². The highest BCUT2D eigenvalue weighted by molar-refractivity contribution is 8.76. The van der Waals surface area contributed by atoms with E-state index in [-0.39, 0.29) is 17.9 Å². The molecule has 1 saturated heterocycles. The van der Waals surface area contributed by atoms with E-state index >= 15 is 0 Å². The van der Waals surface area contributed by atoms with Gasteiger partial charge in [-0.1, -0.05) is 121 Å². The molecule has 3 aromatic carbocycles. The lowest BCUT2D eigenvalue weighted by Crippen LogP contribution is -2.61. The fourth-order valence-electron chi connectivity index (χ4n) is 7.14. The summed E-state index contributed by atoms with van der Waals surface area (Å²) in [5.41, 5.74) is 2.79. The number of carboxylic acid groups (broad SMARTS) is 2. The SMILES string of the molecule is CC[C@H](C)[C@@H]1NC(=O)[C@@H](CC(=O)O)NC(=O)[C@H](NC(=O)[C@H](NC(C)=O)C(c2ccccc2)c2ccccc2)CSSC[C@@H](C(=O)N[C@@H](Cc2c[nH]c3ccccc23)C(=O)O)NC1=O. The van der Waals surface area contributed by atoms with Crippen LogP contribution in [-0.2, 0) is 44.8 Å². The van der Waals surface area contributed by atoms with Crippen LogP contribution in [0.5, 0.6) is 0 Å². The van der Waals surface area contributed by atoms with Gasteiger partial charge in [-0.3, -0.25) is 33.6 Å². The summed E-state index contributed by atoms with van der Waals surface area (Å²) >= 11 is 0. The number of benzene rings is 3. The van der Waals surface area contributed by atoms with Gasteiger partial charge in [-0.15, -0.1) is 0 Å². The molecular formula is C44H51N7O10S2. The quantitative estimate of drug-likeness (QED) is 0.0780. The van der Waals surface area contributed by atoms with Crippen molar-refractivity contribution in [3.8, 4) is 0 Å². The second-order valence-corrected chi connectivity index (χ2v) is 17.7. The Morgan fingerprint density at radius 3 is 2.00 bits per heavy atom. The predicted octanol–water partition coefficient (Wildman–Crippen LogP) is 2.47. The van der Waals surface area contributed by atoms with Crippen LogP contribution in [0.2, 0.25) is 0 Å². The van der Waals surface area contributed by atoms with E-state index in [1.165, 1.54) is 6.92 Å². The minimum absolute atomic E-state index is 0.0878. The second kappa shape index (κ2) is 22.7. The number of para-hydroxylation sites is 1. The first-order valence-electron chi connectivity index (χ1n) is 20.3. The molecule has 19 heteroatoms. The lowest BCUT2D eigenvalue weighted by molar-refractivity contribution is -0.142. The van der Waals surface area contributed by atoms with E-state index in [1.807, 2.05) is 18.2 Å². The first-order chi connectivity index (χ1) is 30.2. The van der Waals surface area contributed by atoms with E-state index in [0.29, 0.717) is 23.1 Å². The van der Waals surface area contributed by atoms with Gasteiger partial charge >= 0.3 is 11.9 Å². The molecule has 63 heavy (non-hydrogen) atoms. The van der Waals surface area contributed by atoms with Crippen molar-refractivity contribution in [2.75, 3.05) is 11.5 Å². The molecule has 0 spiro atoms. The number of hydrogen-bond donors (Lipinski definition) is 9. The highest BCUT2D eigenvalue weighted by Crippen LogP contribution is 2.30. The molecule has 5 rings (SSSR count). The normalized spacial score (nSPS) is 20.2. The van der Waals surface area contributed by atoms with Crippen LogP contribution in [0.4, 0.5) is 0 Å². The van der Waals surface area contributed by atoms with E-state index in [4.69, 9.17) is 0 Å². The Balaban J connectivity index is 1.45. The van der Waals surface area contributed by atoms with E-state index < -0.39 is 102 Å². The van der Waals surface area contributed by atoms with Gasteiger partial charge in [0.05, 0.1) is 6.42 Å². The predicted molar refractivity (Wildman–Crippen MR) is 238 cm³/mol. The number of aromatic nitrogens is 1. The van der Waals surface area contributed by atoms with Crippen molar-refractivity contribution in [2.45, 2.75) is 82.2 Å². The molecule has 0 unspecified atom stereocenters. The molecule has 7 atom stereocenters. The molecule has 0 radical (unpaired) electrons. The Labute approximate surface area is 371 Å². The zero-order valence-corrected chi connectivity index (χ0v) is 36.4. The smallest absolute Gasteiger partial charge is 0.326 e. The number of aromatic amines is 1. The number of carbonyl (C=O) groups excluding carboxylic acids is 6. The van der Waals surface area contributed by atoms with Gasteiger partial charge in [0.15, 0.2) is 0 Å². The molecule has 0 aliphatic carbocycles. The van der Waals surface area contributed by atoms with Gasteiger partial charge in [0, 0.05) is 47.9 Å². The molecular weight excluding hydrogens is 851 g/mol. The molecule has 4 aromatic rings. The molecule has 0 saturated carbocycles. The first kappa shape index (κ1) is 47.7. The monoisotopic (exact) mass is 901 g/mol. The minimum Gasteiger partial charge on any atom is -0.481 e. The number of hydrogen-bond acceptors (Lipinski definition) is 10. The van der Waals surface area contributed by atoms with E-state index in [9.17, 15) is 48.6 Å². The third-order valence-electron chi connectivity index (χ3n) is 10.6. The molecule has 1 aliphatic rings. The summed E-state index contributed by atoms with van der Waals surface area (Å²) in [7, 11) is 2.07. The van der Waals surface area contributed by atoms with Gasteiger partial charge in [-0.2, -0.15) is 0 Å². The third kappa shape index (κ3) is 13.1. The van der Waals surface area contributed by atoms with Crippen LogP contribution in [0.25, 0.3) is 10.9 Å². The number of carboxylic acids is 2. The Kier molecular flexibility index (Phi) is 17.2. The number of amides is 6. The van der Waals surface area contributed by atoms with Crippen molar-refractivity contribution >= 4 is 79.9 Å². The largest absolute Gasteiger partial charge is 0.481 e. The number of nitrogens with one attached hydrogen (secondary N) is 7. The van der Waals surface area contributed by atoms with Gasteiger partial charge in [0.1, 0.15) is 36.3 Å². The Morgan fingerprint density at radius 1 is 0.778 bits per heavy atom. The van der Waals surface area contributed by atoms with Gasteiger partial charge in [0.2, 0.25) is 35.4 Å². The molecule has 1 aliphatic heterocycles. The number of rotatable bonds is 15. The number of aliphatic carboxylic acids is 2. The lowest BCUT2D eigenvalue weighted by Gasteiger charge is -2.31. The first-order valence-corrected chi connectivity index (χ1v) is 22.8. The van der Waals surface area contributed by atoms with Crippen LogP contribution in [0.3, 0.4) is 0 Å². The number of carbonyl (C=O) groups is 8. The molecule has 0 bridgehead atoms. The van der Waals surface area contributed by atoms with Gasteiger partial charge in [-0.25, -0.2) is 4.79 Å². The maximum atomic E-state index is 14.4. The Hall–Kier alpha value is -6.34. The molecule has 334 valence electrons. The Bertz CT molecular complexity index is 2240. The van der Waals surface area contributed by atoms with Crippen molar-refractivity contribution in [1.82, 2.24) is 36.9 Å². The fraction of sp³-hybridized carbons (Fsp3) is 0.364. The van der Waals surface area contributed by atoms with Gasteiger partial charge in [0.25, 0.3) is 0 Å². The topological polar surface area (TPSA) is 265 Å². The van der Waals surface area contributed by atoms with E-state index in [0.717, 1.165) is 32.5 Å². The lowest BCUT2D eigenvalue weighted by atomic mass is 9.84. The van der Waals surface area contributed by atoms with Crippen molar-refractivity contribution in [2.24, 2.45) is 5.92 Å². The third-order valence-corrected chi connectivity index (χ3v) is 13.1. The van der Waals surface area contributed by atoms with Crippen LogP contribution in [-0.4, -0.2) is 110 Å². The number of fused-ring (bicyclic) bond motifs is 1. The van der Waals surface area contributed by atoms with Crippen LogP contribution in [0.15, 0.2) is 91.1 Å². The van der Waals surface area contributed by atoms with Crippen molar-refractivity contribution in [3.05, 3.63) is 108 Å². The highest BCUT2D eigenvalue weighted by atomic mass is 33.1. The van der Waals surface area contributed by atoms with Gasteiger partial charge < -0.3 is 47.1 Å². The summed E-state index contributed by atoms with van der Waals surface area (Å²) in [6.07, 6.45) is 1.05. The zero-order chi connectivity index (χ0) is 45.6. The maximum absolute atomic E-state index is 14.4. The Morgan fingerprint density at radius 2 is 1.40 bits per heavy atom. The second-order valence-electron chi connectivity index (χ2n) is 15.2. The standard InChI is InChI=1S/C44H51N7O10S2/c1-4-24(2)37-42(58)49-34(41(57)48-32(44(60)61)19-28-21-45-30-18-12-11-17-29(28)30)23-63-62-22-33(40(56)47-31(20-35(53)54)39(55)51-37)50-43(59)38(46-25(3)52)36(26-13-7-5-8-14-26)27-15-9-6-10-16-27/h5-18,21,24,31-34,36-38,45H,4,19-20,22-23H2,1-3H3,(H,46,52)(H,47,56)(H,48,57)(H,49,58)(H,50,59)(H,51,55)(H,53,54)(H,60,61)/t24-,31+,32-,33+,34-,37-,38+/m0/s1. The molecule has 1 aromatic heterocycles. The minimum atomic E-state index is -1.71. The van der Waals surface area contributed by atoms with E-state index in [1.54, 1.807) is 86.8 Å². The van der Waals surface area contributed by atoms with Crippen molar-refractivity contribution in [3.63, 3.8) is 0 Å². The van der Waals surface area contributed by atoms with Crippen molar-refractivity contribution < 1.29 is 48.6 Å². The summed E-state index contributed by atoms with van der Waals surface area (Å²) in [4.78, 5) is 110.